The molecule has 0 saturated carbocycles. The first kappa shape index (κ1) is 16.3. The van der Waals surface area contributed by atoms with Crippen molar-refractivity contribution in [1.29, 1.82) is 0 Å². The Labute approximate surface area is 151 Å². The number of hydrogen-bond donors (Lipinski definition) is 1. The van der Waals surface area contributed by atoms with Gasteiger partial charge >= 0.3 is 11.7 Å². The number of aromatic nitrogens is 2. The molecule has 3 heterocycles. The van der Waals surface area contributed by atoms with Crippen molar-refractivity contribution in [1.82, 2.24) is 9.55 Å². The van der Waals surface area contributed by atoms with Crippen LogP contribution in [-0.4, -0.2) is 32.7 Å². The highest BCUT2D eigenvalue weighted by Crippen LogP contribution is 2.39. The highest BCUT2D eigenvalue weighted by Gasteiger charge is 2.31. The van der Waals surface area contributed by atoms with E-state index in [4.69, 9.17) is 4.74 Å². The van der Waals surface area contributed by atoms with Gasteiger partial charge in [0.05, 0.1) is 28.3 Å². The summed E-state index contributed by atoms with van der Waals surface area (Å²) in [7, 11) is 1.39. The zero-order chi connectivity index (χ0) is 18.4. The summed E-state index contributed by atoms with van der Waals surface area (Å²) in [4.78, 5) is 27.7. The van der Waals surface area contributed by atoms with E-state index in [-0.39, 0.29) is 17.1 Å². The van der Waals surface area contributed by atoms with Crippen LogP contribution in [0, 0.1) is 10.1 Å². The van der Waals surface area contributed by atoms with Gasteiger partial charge in [-0.2, -0.15) is 0 Å². The normalized spacial score (nSPS) is 12.3. The van der Waals surface area contributed by atoms with Crippen molar-refractivity contribution in [2.45, 2.75) is 12.8 Å². The molecule has 0 unspecified atom stereocenters. The number of fused-ring (bicyclic) bond motifs is 3. The number of carbonyl (C=O) groups is 1. The fraction of sp³-hybridized carbons (Fsp3) is 0.176. The third-order valence-corrected chi connectivity index (χ3v) is 5.23. The summed E-state index contributed by atoms with van der Waals surface area (Å²) in [6.45, 7) is 0. The summed E-state index contributed by atoms with van der Waals surface area (Å²) in [6, 6.07) is 6.77. The number of methoxy groups -OCH3 is 1. The second-order valence-electron chi connectivity index (χ2n) is 5.76. The van der Waals surface area contributed by atoms with E-state index >= 15 is 0 Å². The molecule has 0 aliphatic carbocycles. The number of nitro groups is 1. The fourth-order valence-corrected chi connectivity index (χ4v) is 3.96. The van der Waals surface area contributed by atoms with Gasteiger partial charge in [0, 0.05) is 6.07 Å². The van der Waals surface area contributed by atoms with E-state index in [2.05, 4.69) is 4.98 Å². The maximum Gasteiger partial charge on any atom is 0.356 e. The molecule has 9 heteroatoms. The molecular formula is C17H13N3O5S. The lowest BCUT2D eigenvalue weighted by molar-refractivity contribution is -0.385. The molecule has 0 bridgehead atoms. The zero-order valence-corrected chi connectivity index (χ0v) is 14.4. The molecule has 26 heavy (non-hydrogen) atoms. The molecule has 1 aliphatic rings. The van der Waals surface area contributed by atoms with Gasteiger partial charge in [-0.1, -0.05) is 6.07 Å². The number of thiophene rings is 1. The Balaban J connectivity index is 2.04. The van der Waals surface area contributed by atoms with Gasteiger partial charge in [-0.05, 0) is 35.9 Å². The predicted molar refractivity (Wildman–Crippen MR) is 94.5 cm³/mol. The molecule has 3 aromatic rings. The minimum Gasteiger partial charge on any atom is -0.490 e. The van der Waals surface area contributed by atoms with Crippen molar-refractivity contribution >= 4 is 23.0 Å². The minimum absolute atomic E-state index is 0.0162. The molecule has 0 radical (unpaired) electrons. The van der Waals surface area contributed by atoms with Crippen molar-refractivity contribution in [3.8, 4) is 22.1 Å². The van der Waals surface area contributed by atoms with E-state index in [1.54, 1.807) is 10.6 Å². The van der Waals surface area contributed by atoms with Crippen molar-refractivity contribution in [3.05, 3.63) is 56.7 Å². The number of nitro benzene ring substituents is 1. The number of ether oxygens (including phenoxy) is 1. The molecule has 132 valence electrons. The lowest BCUT2D eigenvalue weighted by Crippen LogP contribution is -2.15. The maximum absolute atomic E-state index is 11.6. The van der Waals surface area contributed by atoms with Gasteiger partial charge in [0.2, 0.25) is 0 Å². The molecule has 0 atom stereocenters. The highest BCUT2D eigenvalue weighted by atomic mass is 32.1. The Morgan fingerprint density at radius 3 is 2.85 bits per heavy atom. The predicted octanol–water partition coefficient (Wildman–Crippen LogP) is 3.31. The molecule has 2 aromatic heterocycles. The molecular weight excluding hydrogens is 358 g/mol. The topological polar surface area (TPSA) is 107 Å². The molecule has 0 amide bonds. The van der Waals surface area contributed by atoms with Crippen molar-refractivity contribution in [2.24, 2.45) is 0 Å². The molecule has 8 nitrogen and oxygen atoms in total. The highest BCUT2D eigenvalue weighted by molar-refractivity contribution is 7.13. The Kier molecular flexibility index (Phi) is 3.73. The number of aromatic carboxylic acids is 1. The number of nitrogens with zero attached hydrogens (tertiary/aromatic N) is 3. The first-order chi connectivity index (χ1) is 12.5. The second kappa shape index (κ2) is 5.95. The number of carboxylic acid groups (broad SMARTS) is 1. The van der Waals surface area contributed by atoms with Crippen LogP contribution in [0.4, 0.5) is 5.69 Å². The van der Waals surface area contributed by atoms with Crippen LogP contribution in [0.5, 0.6) is 5.75 Å². The third kappa shape index (κ3) is 2.36. The number of carboxylic acids is 1. The lowest BCUT2D eigenvalue weighted by atomic mass is 9.99. The van der Waals surface area contributed by atoms with E-state index in [1.165, 1.54) is 24.5 Å². The van der Waals surface area contributed by atoms with Crippen LogP contribution in [0.15, 0.2) is 29.6 Å². The van der Waals surface area contributed by atoms with Crippen LogP contribution in [0.1, 0.15) is 21.7 Å². The van der Waals surface area contributed by atoms with Gasteiger partial charge in [-0.25, -0.2) is 9.78 Å². The summed E-state index contributed by atoms with van der Waals surface area (Å²) < 4.78 is 6.87. The van der Waals surface area contributed by atoms with Crippen LogP contribution in [0.3, 0.4) is 0 Å². The summed E-state index contributed by atoms with van der Waals surface area (Å²) in [5.74, 6) is -0.440. The lowest BCUT2D eigenvalue weighted by Gasteiger charge is -2.21. The number of benzene rings is 1. The van der Waals surface area contributed by atoms with Gasteiger partial charge in [-0.3, -0.25) is 14.7 Å². The third-order valence-electron chi connectivity index (χ3n) is 4.37. The molecule has 1 N–H and O–H groups in total. The van der Waals surface area contributed by atoms with Crippen LogP contribution in [-0.2, 0) is 12.8 Å². The van der Waals surface area contributed by atoms with E-state index in [1.807, 2.05) is 17.5 Å². The molecule has 0 fully saturated rings. The number of aryl methyl sites for hydroxylation is 1. The molecule has 0 spiro atoms. The van der Waals surface area contributed by atoms with Crippen LogP contribution >= 0.6 is 11.3 Å². The number of rotatable bonds is 4. The van der Waals surface area contributed by atoms with Crippen LogP contribution in [0.25, 0.3) is 16.4 Å². The zero-order valence-electron chi connectivity index (χ0n) is 13.6. The van der Waals surface area contributed by atoms with Crippen LogP contribution < -0.4 is 4.74 Å². The van der Waals surface area contributed by atoms with Gasteiger partial charge in [-0.15, -0.1) is 11.3 Å². The minimum atomic E-state index is -1.11. The number of hydrogen-bond acceptors (Lipinski definition) is 6. The van der Waals surface area contributed by atoms with E-state index < -0.39 is 10.9 Å². The Morgan fingerprint density at radius 1 is 1.42 bits per heavy atom. The monoisotopic (exact) mass is 371 g/mol. The fourth-order valence-electron chi connectivity index (χ4n) is 3.25. The van der Waals surface area contributed by atoms with Gasteiger partial charge in [0.15, 0.2) is 17.3 Å². The summed E-state index contributed by atoms with van der Waals surface area (Å²) in [6.07, 6.45) is 1.04. The smallest absolute Gasteiger partial charge is 0.356 e. The Hall–Kier alpha value is -3.20. The number of imidazole rings is 1. The average Bonchev–Trinajstić information content (AvgIpc) is 3.27. The van der Waals surface area contributed by atoms with Crippen molar-refractivity contribution in [2.75, 3.05) is 7.11 Å². The van der Waals surface area contributed by atoms with Crippen molar-refractivity contribution < 1.29 is 19.6 Å². The standard InChI is InChI=1S/C17H13N3O5S/c1-25-13-7-9-4-5-10-15(17(21)22)18-16(14-3-2-6-26-14)19(10)11(9)8-12(13)20(23)24/h2-3,6-8H,4-5H2,1H3,(H,21,22). The summed E-state index contributed by atoms with van der Waals surface area (Å²) in [5, 5.41) is 22.8. The molecule has 0 saturated heterocycles. The first-order valence-electron chi connectivity index (χ1n) is 7.75. The first-order valence-corrected chi connectivity index (χ1v) is 8.63. The molecule has 1 aliphatic heterocycles. The van der Waals surface area contributed by atoms with E-state index in [0.717, 1.165) is 10.4 Å². The maximum atomic E-state index is 11.6. The SMILES string of the molecule is COc1cc2c(cc1[N+](=O)[O-])-n1c(-c3cccs3)nc(C(=O)O)c1CC2. The van der Waals surface area contributed by atoms with Crippen LogP contribution in [0.2, 0.25) is 0 Å². The van der Waals surface area contributed by atoms with Gasteiger partial charge in [0.1, 0.15) is 0 Å². The quantitative estimate of drug-likeness (QED) is 0.557. The van der Waals surface area contributed by atoms with E-state index in [9.17, 15) is 20.0 Å². The van der Waals surface area contributed by atoms with Gasteiger partial charge in [0.25, 0.3) is 0 Å². The summed E-state index contributed by atoms with van der Waals surface area (Å²) in [5.41, 5.74) is 1.79. The van der Waals surface area contributed by atoms with Crippen molar-refractivity contribution in [3.63, 3.8) is 0 Å². The van der Waals surface area contributed by atoms with E-state index in [0.29, 0.717) is 30.0 Å². The average molecular weight is 371 g/mol. The van der Waals surface area contributed by atoms with Gasteiger partial charge < -0.3 is 9.84 Å². The molecule has 1 aromatic carbocycles. The Morgan fingerprint density at radius 2 is 2.23 bits per heavy atom. The second-order valence-corrected chi connectivity index (χ2v) is 6.71. The Bertz CT molecular complexity index is 1040. The molecule has 4 rings (SSSR count). The largest absolute Gasteiger partial charge is 0.490 e. The summed E-state index contributed by atoms with van der Waals surface area (Å²) >= 11 is 1.43.